The second kappa shape index (κ2) is 7.31. The van der Waals surface area contributed by atoms with Crippen LogP contribution in [0, 0.1) is 0 Å². The fraction of sp³-hybridized carbons (Fsp3) is 0. The third-order valence-corrected chi connectivity index (χ3v) is 3.34. The molecule has 0 aromatic heterocycles. The molecule has 0 N–H and O–H groups in total. The van der Waals surface area contributed by atoms with Crippen LogP contribution in [0.4, 0.5) is 0 Å². The molecule has 4 nitrogen and oxygen atoms in total. The van der Waals surface area contributed by atoms with Gasteiger partial charge in [-0.1, -0.05) is 36.4 Å². The minimum atomic E-state index is 0.835. The molecule has 2 aromatic carbocycles. The molecule has 0 aliphatic rings. The summed E-state index contributed by atoms with van der Waals surface area (Å²) in [6, 6.07) is 16.3. The first kappa shape index (κ1) is 15.6. The maximum absolute atomic E-state index is 3.99. The first-order valence-electron chi connectivity index (χ1n) is 6.87. The van der Waals surface area contributed by atoms with Crippen molar-refractivity contribution < 1.29 is 0 Å². The summed E-state index contributed by atoms with van der Waals surface area (Å²) < 4.78 is 0. The van der Waals surface area contributed by atoms with Crippen LogP contribution in [0.25, 0.3) is 11.1 Å². The van der Waals surface area contributed by atoms with Gasteiger partial charge in [-0.15, -0.1) is 0 Å². The van der Waals surface area contributed by atoms with Gasteiger partial charge >= 0.3 is 0 Å². The zero-order valence-electron chi connectivity index (χ0n) is 12.8. The molecule has 0 atom stereocenters. The lowest BCUT2D eigenvalue weighted by atomic mass is 9.89. The number of benzene rings is 2. The summed E-state index contributed by atoms with van der Waals surface area (Å²) in [7, 11) is 3.83. The van der Waals surface area contributed by atoms with Crippen molar-refractivity contribution in [3.8, 4) is 11.1 Å². The monoisotopic (exact) mass is 286 g/mol. The molecular weight excluding hydrogens is 270 g/mol. The smallest absolute Gasteiger partial charge is 0.167 e. The fourth-order valence-corrected chi connectivity index (χ4v) is 2.18. The Bertz CT molecular complexity index is 701. The molecule has 0 bridgehead atoms. The van der Waals surface area contributed by atoms with E-state index in [9.17, 15) is 0 Å². The maximum Gasteiger partial charge on any atom is 0.167 e. The summed E-state index contributed by atoms with van der Waals surface area (Å²) in [5.41, 5.74) is 5.93. The van der Waals surface area contributed by atoms with E-state index >= 15 is 0 Å². The van der Waals surface area contributed by atoms with E-state index in [2.05, 4.69) is 58.1 Å². The van der Waals surface area contributed by atoms with Crippen molar-refractivity contribution in [3.63, 3.8) is 0 Å². The van der Waals surface area contributed by atoms with Crippen LogP contribution in [-0.4, -0.2) is 40.3 Å². The highest BCUT2D eigenvalue weighted by atomic mass is 15.2. The van der Waals surface area contributed by atoms with Crippen LogP contribution in [0.15, 0.2) is 68.9 Å². The Labute approximate surface area is 132 Å². The molecule has 6 heteroatoms. The van der Waals surface area contributed by atoms with E-state index in [4.69, 9.17) is 0 Å². The van der Waals surface area contributed by atoms with E-state index in [1.165, 1.54) is 0 Å². The van der Waals surface area contributed by atoms with Crippen LogP contribution >= 0.6 is 0 Å². The van der Waals surface area contributed by atoms with Gasteiger partial charge in [0.1, 0.15) is 0 Å². The van der Waals surface area contributed by atoms with E-state index in [-0.39, 0.29) is 0 Å². The lowest BCUT2D eigenvalue weighted by Crippen LogP contribution is -2.00. The van der Waals surface area contributed by atoms with Crippen LogP contribution < -0.4 is 0 Å². The zero-order valence-corrected chi connectivity index (χ0v) is 12.8. The van der Waals surface area contributed by atoms with Crippen LogP contribution in [0.2, 0.25) is 0 Å². The van der Waals surface area contributed by atoms with Crippen molar-refractivity contribution >= 4 is 40.3 Å². The van der Waals surface area contributed by atoms with Gasteiger partial charge in [0.05, 0.1) is 0 Å². The summed E-state index contributed by atoms with van der Waals surface area (Å²) in [6.45, 7) is 6.78. The second-order valence-electron chi connectivity index (χ2n) is 4.82. The van der Waals surface area contributed by atoms with Crippen molar-refractivity contribution in [2.75, 3.05) is 0 Å². The van der Waals surface area contributed by atoms with Gasteiger partial charge in [0.2, 0.25) is 0 Å². The Hall–Kier alpha value is -2.75. The van der Waals surface area contributed by atoms with Crippen molar-refractivity contribution in [1.29, 1.82) is 0 Å². The van der Waals surface area contributed by atoms with E-state index in [1.54, 1.807) is 0 Å². The first-order chi connectivity index (χ1) is 10.7. The number of hydrogen-bond donors (Lipinski definition) is 0. The van der Waals surface area contributed by atoms with Crippen molar-refractivity contribution in [2.24, 2.45) is 20.4 Å². The Kier molecular flexibility index (Phi) is 5.20. The van der Waals surface area contributed by atoms with Gasteiger partial charge in [0.15, 0.2) is 15.7 Å². The van der Waals surface area contributed by atoms with Gasteiger partial charge in [-0.05, 0) is 34.4 Å². The van der Waals surface area contributed by atoms with E-state index in [1.807, 2.05) is 40.0 Å². The van der Waals surface area contributed by atoms with Crippen molar-refractivity contribution in [1.82, 2.24) is 0 Å². The molecule has 0 saturated carbocycles. The minimum absolute atomic E-state index is 0.835. The van der Waals surface area contributed by atoms with Crippen LogP contribution in [-0.2, 0) is 0 Å². The van der Waals surface area contributed by atoms with Crippen molar-refractivity contribution in [3.05, 3.63) is 59.7 Å². The first-order valence-corrected chi connectivity index (χ1v) is 6.87. The molecule has 0 unspecified atom stereocenters. The number of nitrogens with zero attached hydrogens (tertiary/aromatic N) is 4. The highest BCUT2D eigenvalue weighted by Crippen LogP contribution is 2.22. The quantitative estimate of drug-likeness (QED) is 0.452. The lowest BCUT2D eigenvalue weighted by Gasteiger charge is -2.07. The summed E-state index contributed by atoms with van der Waals surface area (Å²) >= 11 is 0. The molecule has 0 saturated heterocycles. The molecule has 2 rings (SSSR count). The molecule has 0 amide bonds. The van der Waals surface area contributed by atoms with Crippen LogP contribution in [0.1, 0.15) is 11.1 Å². The molecule has 22 heavy (non-hydrogen) atoms. The molecular formula is C16H16B2N4. The topological polar surface area (TPSA) is 49.4 Å². The molecule has 0 aliphatic heterocycles. The molecule has 0 fully saturated rings. The molecule has 0 aliphatic carbocycles. The predicted molar refractivity (Wildman–Crippen MR) is 101 cm³/mol. The number of rotatable bonds is 5. The molecule has 0 heterocycles. The van der Waals surface area contributed by atoms with Crippen LogP contribution in [0.5, 0.6) is 0 Å². The zero-order chi connectivity index (χ0) is 15.9. The van der Waals surface area contributed by atoms with Gasteiger partial charge in [0.25, 0.3) is 0 Å². The Balaban J connectivity index is 2.44. The van der Waals surface area contributed by atoms with Gasteiger partial charge < -0.3 is 0 Å². The SMILES string of the molecule is B/C(=N\N=C)c1cccc(-c2cccc(/C(B)=N/N=C)c2)c1. The summed E-state index contributed by atoms with van der Waals surface area (Å²) in [5, 5.41) is 15.1. The third-order valence-electron chi connectivity index (χ3n) is 3.34. The minimum Gasteiger partial charge on any atom is -0.168 e. The lowest BCUT2D eigenvalue weighted by molar-refractivity contribution is 1.27. The fourth-order valence-electron chi connectivity index (χ4n) is 2.18. The standard InChI is InChI=1S/C16H16B2N4/c1-19-21-15(17)13-7-3-5-11(9-13)12-6-4-8-14(10-12)16(18)22-20-2/h3-10H,1-2,17-18H2/b21-15-,22-16-. The Morgan fingerprint density at radius 1 is 0.727 bits per heavy atom. The van der Waals surface area contributed by atoms with Gasteiger partial charge in [0, 0.05) is 24.7 Å². The highest BCUT2D eigenvalue weighted by molar-refractivity contribution is 6.64. The van der Waals surface area contributed by atoms with E-state index < -0.39 is 0 Å². The normalized spacial score (nSPS) is 12.0. The second-order valence-corrected chi connectivity index (χ2v) is 4.82. The summed E-state index contributed by atoms with van der Waals surface area (Å²) in [4.78, 5) is 0. The number of hydrogen-bond acceptors (Lipinski definition) is 4. The van der Waals surface area contributed by atoms with Crippen molar-refractivity contribution in [2.45, 2.75) is 0 Å². The third kappa shape index (κ3) is 3.67. The average Bonchev–Trinajstić information content (AvgIpc) is 2.55. The maximum atomic E-state index is 3.99. The largest absolute Gasteiger partial charge is 0.168 e. The highest BCUT2D eigenvalue weighted by Gasteiger charge is 2.04. The molecule has 106 valence electrons. The Morgan fingerprint density at radius 2 is 1.14 bits per heavy atom. The average molecular weight is 286 g/mol. The van der Waals surface area contributed by atoms with Gasteiger partial charge in [-0.2, -0.15) is 20.4 Å². The van der Waals surface area contributed by atoms with Crippen LogP contribution in [0.3, 0.4) is 0 Å². The molecule has 2 aromatic rings. The van der Waals surface area contributed by atoms with Gasteiger partial charge in [-0.25, -0.2) is 0 Å². The summed E-state index contributed by atoms with van der Waals surface area (Å²) in [5.74, 6) is 0. The Morgan fingerprint density at radius 3 is 1.50 bits per heavy atom. The molecule has 0 spiro atoms. The van der Waals surface area contributed by atoms with Gasteiger partial charge in [-0.3, -0.25) is 0 Å². The predicted octanol–water partition coefficient (Wildman–Crippen LogP) is 1.34. The molecule has 0 radical (unpaired) electrons. The summed E-state index contributed by atoms with van der Waals surface area (Å²) in [6.07, 6.45) is 0. The van der Waals surface area contributed by atoms with E-state index in [0.29, 0.717) is 0 Å². The van der Waals surface area contributed by atoms with E-state index in [0.717, 1.165) is 33.5 Å².